The fraction of sp³-hybridized carbons (Fsp3) is 0. The molecule has 0 bridgehead atoms. The number of carboxylic acid groups (broad SMARTS) is 1. The molecule has 1 aliphatic rings. The number of halogens is 1. The molecule has 1 aromatic carbocycles. The average molecular weight is 347 g/mol. The molecule has 2 heterocycles. The van der Waals surface area contributed by atoms with E-state index >= 15 is 0 Å². The van der Waals surface area contributed by atoms with Gasteiger partial charge in [0, 0.05) is 10.7 Å². The monoisotopic (exact) mass is 346 g/mol. The number of pyridine rings is 1. The fourth-order valence-electron chi connectivity index (χ4n) is 2.11. The first-order valence-corrected chi connectivity index (χ1v) is 6.65. The van der Waals surface area contributed by atoms with Gasteiger partial charge in [0.25, 0.3) is 11.8 Å². The molecule has 0 saturated carbocycles. The van der Waals surface area contributed by atoms with Gasteiger partial charge in [0.2, 0.25) is 0 Å². The summed E-state index contributed by atoms with van der Waals surface area (Å²) < 4.78 is 0.682. The standard InChI is InChI=1S/C14H7BrN2O4/c15-8-1-2-10-11(4-8)13(19)17(12(10)18)9-3-7(14(20)21)5-16-6-9/h1-6H,(H,20,21). The first-order chi connectivity index (χ1) is 9.99. The van der Waals surface area contributed by atoms with Crippen LogP contribution in [0.2, 0.25) is 0 Å². The highest BCUT2D eigenvalue weighted by molar-refractivity contribution is 9.10. The summed E-state index contributed by atoms with van der Waals surface area (Å²) in [7, 11) is 0. The van der Waals surface area contributed by atoms with Gasteiger partial charge < -0.3 is 5.11 Å². The second-order valence-corrected chi connectivity index (χ2v) is 5.29. The highest BCUT2D eigenvalue weighted by Crippen LogP contribution is 2.30. The maximum Gasteiger partial charge on any atom is 0.337 e. The number of benzene rings is 1. The number of nitrogens with zero attached hydrogens (tertiary/aromatic N) is 2. The van der Waals surface area contributed by atoms with Gasteiger partial charge in [-0.2, -0.15) is 0 Å². The Morgan fingerprint density at radius 1 is 1.10 bits per heavy atom. The lowest BCUT2D eigenvalue weighted by Gasteiger charge is -2.13. The predicted molar refractivity (Wildman–Crippen MR) is 76.5 cm³/mol. The number of carboxylic acids is 1. The van der Waals surface area contributed by atoms with E-state index in [0.717, 1.165) is 11.1 Å². The Bertz CT molecular complexity index is 803. The molecule has 104 valence electrons. The molecule has 21 heavy (non-hydrogen) atoms. The van der Waals surface area contributed by atoms with Crippen LogP contribution >= 0.6 is 15.9 Å². The Balaban J connectivity index is 2.10. The molecule has 1 aliphatic heterocycles. The Morgan fingerprint density at radius 2 is 1.81 bits per heavy atom. The van der Waals surface area contributed by atoms with E-state index in [2.05, 4.69) is 20.9 Å². The van der Waals surface area contributed by atoms with Crippen molar-refractivity contribution in [3.8, 4) is 0 Å². The predicted octanol–water partition coefficient (Wildman–Crippen LogP) is 2.34. The number of hydrogen-bond donors (Lipinski definition) is 1. The van der Waals surface area contributed by atoms with Gasteiger partial charge in [-0.25, -0.2) is 9.69 Å². The summed E-state index contributed by atoms with van der Waals surface area (Å²) >= 11 is 3.25. The van der Waals surface area contributed by atoms with Gasteiger partial charge in [-0.15, -0.1) is 0 Å². The summed E-state index contributed by atoms with van der Waals surface area (Å²) in [5.74, 6) is -2.17. The molecule has 0 unspecified atom stereocenters. The largest absolute Gasteiger partial charge is 0.478 e. The minimum Gasteiger partial charge on any atom is -0.478 e. The van der Waals surface area contributed by atoms with E-state index in [-0.39, 0.29) is 22.4 Å². The highest BCUT2D eigenvalue weighted by Gasteiger charge is 2.37. The van der Waals surface area contributed by atoms with Crippen LogP contribution in [0.1, 0.15) is 31.1 Å². The van der Waals surface area contributed by atoms with Gasteiger partial charge in [0.05, 0.1) is 28.6 Å². The number of anilines is 1. The average Bonchev–Trinajstić information content (AvgIpc) is 2.70. The maximum absolute atomic E-state index is 12.4. The Hall–Kier alpha value is -2.54. The number of aromatic carboxylic acids is 1. The molecule has 2 amide bonds. The molecular formula is C14H7BrN2O4. The van der Waals surface area contributed by atoms with E-state index in [4.69, 9.17) is 5.11 Å². The first-order valence-electron chi connectivity index (χ1n) is 5.85. The minimum atomic E-state index is -1.18. The quantitative estimate of drug-likeness (QED) is 0.843. The molecule has 0 aliphatic carbocycles. The summed E-state index contributed by atoms with van der Waals surface area (Å²) in [5, 5.41) is 8.96. The van der Waals surface area contributed by atoms with Crippen LogP contribution in [0.25, 0.3) is 0 Å². The first kappa shape index (κ1) is 13.4. The van der Waals surface area contributed by atoms with E-state index in [1.54, 1.807) is 18.2 Å². The summed E-state index contributed by atoms with van der Waals surface area (Å²) in [6.07, 6.45) is 2.43. The van der Waals surface area contributed by atoms with Crippen molar-refractivity contribution in [1.29, 1.82) is 0 Å². The zero-order valence-electron chi connectivity index (χ0n) is 10.4. The topological polar surface area (TPSA) is 87.6 Å². The van der Waals surface area contributed by atoms with Gasteiger partial charge >= 0.3 is 5.97 Å². The van der Waals surface area contributed by atoms with Gasteiger partial charge in [-0.3, -0.25) is 14.6 Å². The summed E-state index contributed by atoms with van der Waals surface area (Å²) in [6, 6.07) is 6.02. The van der Waals surface area contributed by atoms with E-state index in [9.17, 15) is 14.4 Å². The number of amides is 2. The maximum atomic E-state index is 12.4. The molecule has 7 heteroatoms. The van der Waals surface area contributed by atoms with Gasteiger partial charge in [-0.1, -0.05) is 15.9 Å². The molecule has 1 N–H and O–H groups in total. The smallest absolute Gasteiger partial charge is 0.337 e. The van der Waals surface area contributed by atoms with Crippen LogP contribution in [-0.2, 0) is 0 Å². The number of carbonyl (C=O) groups excluding carboxylic acids is 2. The van der Waals surface area contributed by atoms with Gasteiger partial charge in [0.15, 0.2) is 0 Å². The number of rotatable bonds is 2. The minimum absolute atomic E-state index is 0.0924. The van der Waals surface area contributed by atoms with Gasteiger partial charge in [0.1, 0.15) is 0 Å². The SMILES string of the molecule is O=C(O)c1cncc(N2C(=O)c3ccc(Br)cc3C2=O)c1. The number of aromatic nitrogens is 1. The fourth-order valence-corrected chi connectivity index (χ4v) is 2.48. The molecule has 1 aromatic heterocycles. The summed E-state index contributed by atoms with van der Waals surface area (Å²) in [4.78, 5) is 40.3. The third kappa shape index (κ3) is 2.11. The lowest BCUT2D eigenvalue weighted by Crippen LogP contribution is -2.29. The van der Waals surface area contributed by atoms with Crippen LogP contribution in [0.4, 0.5) is 5.69 Å². The third-order valence-electron chi connectivity index (χ3n) is 3.08. The lowest BCUT2D eigenvalue weighted by atomic mass is 10.1. The van der Waals surface area contributed by atoms with Crippen LogP contribution in [0.5, 0.6) is 0 Å². The zero-order valence-corrected chi connectivity index (χ0v) is 12.0. The normalized spacial score (nSPS) is 13.5. The molecule has 0 radical (unpaired) electrons. The third-order valence-corrected chi connectivity index (χ3v) is 3.57. The lowest BCUT2D eigenvalue weighted by molar-refractivity contribution is 0.0695. The van der Waals surface area contributed by atoms with Crippen molar-refractivity contribution in [2.75, 3.05) is 4.90 Å². The van der Waals surface area contributed by atoms with Gasteiger partial charge in [-0.05, 0) is 24.3 Å². The molecule has 6 nitrogen and oxygen atoms in total. The highest BCUT2D eigenvalue weighted by atomic mass is 79.9. The van der Waals surface area contributed by atoms with Crippen LogP contribution in [0, 0.1) is 0 Å². The summed E-state index contributed by atoms with van der Waals surface area (Å²) in [6.45, 7) is 0. The molecule has 0 saturated heterocycles. The molecule has 0 fully saturated rings. The van der Waals surface area contributed by atoms with E-state index < -0.39 is 17.8 Å². The van der Waals surface area contributed by atoms with E-state index in [1.165, 1.54) is 12.3 Å². The molecular weight excluding hydrogens is 340 g/mol. The van der Waals surface area contributed by atoms with E-state index in [0.29, 0.717) is 4.47 Å². The molecule has 3 rings (SSSR count). The van der Waals surface area contributed by atoms with Crippen LogP contribution < -0.4 is 4.90 Å². The molecule has 2 aromatic rings. The van der Waals surface area contributed by atoms with E-state index in [1.807, 2.05) is 0 Å². The van der Waals surface area contributed by atoms with Crippen molar-refractivity contribution >= 4 is 39.4 Å². The van der Waals surface area contributed by atoms with Crippen molar-refractivity contribution < 1.29 is 19.5 Å². The second kappa shape index (κ2) is 4.78. The Labute approximate surface area is 127 Å². The Morgan fingerprint density at radius 3 is 2.52 bits per heavy atom. The zero-order chi connectivity index (χ0) is 15.1. The molecule has 0 atom stereocenters. The van der Waals surface area contributed by atoms with Crippen LogP contribution in [0.3, 0.4) is 0 Å². The van der Waals surface area contributed by atoms with Crippen molar-refractivity contribution in [2.24, 2.45) is 0 Å². The second-order valence-electron chi connectivity index (χ2n) is 4.37. The number of hydrogen-bond acceptors (Lipinski definition) is 4. The number of imide groups is 1. The van der Waals surface area contributed by atoms with Crippen molar-refractivity contribution in [2.45, 2.75) is 0 Å². The summed E-state index contributed by atoms with van der Waals surface area (Å²) in [5.41, 5.74) is 0.599. The van der Waals surface area contributed by atoms with Crippen LogP contribution in [0.15, 0.2) is 41.1 Å². The number of carbonyl (C=O) groups is 3. The van der Waals surface area contributed by atoms with Crippen molar-refractivity contribution in [3.05, 3.63) is 57.8 Å². The number of fused-ring (bicyclic) bond motifs is 1. The Kier molecular flexibility index (Phi) is 3.06. The van der Waals surface area contributed by atoms with Crippen LogP contribution in [-0.4, -0.2) is 27.9 Å². The van der Waals surface area contributed by atoms with Crippen molar-refractivity contribution in [3.63, 3.8) is 0 Å². The molecule has 0 spiro atoms. The van der Waals surface area contributed by atoms with Crippen molar-refractivity contribution in [1.82, 2.24) is 4.98 Å².